The summed E-state index contributed by atoms with van der Waals surface area (Å²) in [6.45, 7) is 5.39. The maximum atomic E-state index is 13.2. The van der Waals surface area contributed by atoms with Crippen molar-refractivity contribution in [2.45, 2.75) is 57.7 Å². The normalized spacial score (nSPS) is 18.4. The number of amides is 1. The summed E-state index contributed by atoms with van der Waals surface area (Å²) < 4.78 is 56.4. The van der Waals surface area contributed by atoms with Crippen LogP contribution in [0, 0.1) is 6.92 Å². The van der Waals surface area contributed by atoms with Crippen molar-refractivity contribution in [3.8, 4) is 0 Å². The van der Waals surface area contributed by atoms with Gasteiger partial charge in [0.1, 0.15) is 11.6 Å². The fraction of sp³-hybridized carbons (Fsp3) is 0.542. The highest BCUT2D eigenvalue weighted by atomic mass is 19.4. The zero-order chi connectivity index (χ0) is 25.0. The molecule has 1 aromatic carbocycles. The minimum absolute atomic E-state index is 0.00805. The van der Waals surface area contributed by atoms with E-state index >= 15 is 0 Å². The Bertz CT molecular complexity index is 1040. The molecule has 1 amide bonds. The van der Waals surface area contributed by atoms with Gasteiger partial charge in [0.05, 0.1) is 36.5 Å². The molecule has 2 aliphatic heterocycles. The fourth-order valence-electron chi connectivity index (χ4n) is 4.20. The van der Waals surface area contributed by atoms with Crippen LogP contribution in [0.1, 0.15) is 60.3 Å². The lowest BCUT2D eigenvalue weighted by Gasteiger charge is -2.24. The number of halogens is 3. The molecule has 2 aliphatic rings. The van der Waals surface area contributed by atoms with E-state index in [9.17, 15) is 18.0 Å². The smallest absolute Gasteiger partial charge is 0.381 e. The van der Waals surface area contributed by atoms with Crippen LogP contribution in [-0.4, -0.2) is 48.3 Å². The average Bonchev–Trinajstić information content (AvgIpc) is 3.33. The molecule has 2 N–H and O–H groups in total. The molecule has 11 heteroatoms. The Balaban J connectivity index is 1.60. The van der Waals surface area contributed by atoms with E-state index in [4.69, 9.17) is 14.2 Å². The van der Waals surface area contributed by atoms with Crippen LogP contribution in [0.5, 0.6) is 0 Å². The van der Waals surface area contributed by atoms with Gasteiger partial charge in [-0.25, -0.2) is 9.97 Å². The molecule has 0 unspecified atom stereocenters. The van der Waals surface area contributed by atoms with Crippen LogP contribution in [0.4, 0.5) is 19.0 Å². The molecule has 35 heavy (non-hydrogen) atoms. The molecular weight excluding hydrogens is 465 g/mol. The molecule has 190 valence electrons. The number of aromatic nitrogens is 2. The number of aryl methyl sites for hydroxylation is 1. The fourth-order valence-corrected chi connectivity index (χ4v) is 4.20. The number of ether oxygens (including phenoxy) is 3. The monoisotopic (exact) mass is 494 g/mol. The van der Waals surface area contributed by atoms with Gasteiger partial charge in [0.25, 0.3) is 0 Å². The molecule has 4 rings (SSSR count). The van der Waals surface area contributed by atoms with Crippen LogP contribution < -0.4 is 10.6 Å². The summed E-state index contributed by atoms with van der Waals surface area (Å²) in [5.74, 6) is 0.591. The molecule has 1 atom stereocenters. The van der Waals surface area contributed by atoms with Crippen LogP contribution in [0.3, 0.4) is 0 Å². The lowest BCUT2D eigenvalue weighted by Crippen LogP contribution is -2.40. The molecule has 0 aliphatic carbocycles. The van der Waals surface area contributed by atoms with E-state index in [0.717, 1.165) is 25.0 Å². The zero-order valence-electron chi connectivity index (χ0n) is 19.7. The molecule has 0 spiro atoms. The number of nitrogens with one attached hydrogen (secondary N) is 2. The Labute approximate surface area is 201 Å². The third-order valence-electron chi connectivity index (χ3n) is 5.98. The lowest BCUT2D eigenvalue weighted by molar-refractivity contribution is -0.137. The van der Waals surface area contributed by atoms with Gasteiger partial charge in [0.15, 0.2) is 6.29 Å². The molecule has 2 aromatic rings. The Hall–Kier alpha value is -2.76. The minimum Gasteiger partial charge on any atom is -0.381 e. The Morgan fingerprint density at radius 2 is 1.86 bits per heavy atom. The van der Waals surface area contributed by atoms with Crippen LogP contribution in [0.25, 0.3) is 0 Å². The Kier molecular flexibility index (Phi) is 7.88. The molecule has 1 aromatic heterocycles. The van der Waals surface area contributed by atoms with E-state index in [-0.39, 0.29) is 18.4 Å². The van der Waals surface area contributed by atoms with Gasteiger partial charge < -0.3 is 24.8 Å². The van der Waals surface area contributed by atoms with Gasteiger partial charge in [0.2, 0.25) is 5.91 Å². The van der Waals surface area contributed by atoms with Gasteiger partial charge in [-0.15, -0.1) is 0 Å². The first-order valence-corrected chi connectivity index (χ1v) is 11.6. The van der Waals surface area contributed by atoms with Crippen LogP contribution in [-0.2, 0) is 31.6 Å². The number of hydrogen-bond acceptors (Lipinski definition) is 7. The summed E-state index contributed by atoms with van der Waals surface area (Å²) in [6.07, 6.45) is -3.73. The van der Waals surface area contributed by atoms with Gasteiger partial charge in [-0.2, -0.15) is 13.2 Å². The zero-order valence-corrected chi connectivity index (χ0v) is 19.7. The highest BCUT2D eigenvalue weighted by Gasteiger charge is 2.32. The van der Waals surface area contributed by atoms with E-state index in [0.29, 0.717) is 54.9 Å². The molecule has 3 heterocycles. The minimum atomic E-state index is -4.44. The van der Waals surface area contributed by atoms with E-state index in [2.05, 4.69) is 20.6 Å². The van der Waals surface area contributed by atoms with E-state index < -0.39 is 24.1 Å². The second kappa shape index (κ2) is 10.9. The van der Waals surface area contributed by atoms with Gasteiger partial charge in [-0.1, -0.05) is 12.1 Å². The van der Waals surface area contributed by atoms with Gasteiger partial charge in [0, 0.05) is 25.3 Å². The molecule has 0 saturated carbocycles. The molecule has 0 bridgehead atoms. The molecule has 8 nitrogen and oxygen atoms in total. The van der Waals surface area contributed by atoms with Crippen molar-refractivity contribution in [3.05, 3.63) is 52.5 Å². The second-order valence-electron chi connectivity index (χ2n) is 8.67. The quantitative estimate of drug-likeness (QED) is 0.604. The Morgan fingerprint density at radius 1 is 1.14 bits per heavy atom. The van der Waals surface area contributed by atoms with Crippen molar-refractivity contribution in [1.82, 2.24) is 15.3 Å². The van der Waals surface area contributed by atoms with E-state index in [1.54, 1.807) is 19.9 Å². The predicted octanol–water partition coefficient (Wildman–Crippen LogP) is 3.86. The number of benzene rings is 1. The predicted molar refractivity (Wildman–Crippen MR) is 121 cm³/mol. The maximum absolute atomic E-state index is 13.2. The largest absolute Gasteiger partial charge is 0.416 e. The molecule has 0 radical (unpaired) electrons. The summed E-state index contributed by atoms with van der Waals surface area (Å²) in [5, 5.41) is 6.21. The van der Waals surface area contributed by atoms with Crippen LogP contribution in [0.15, 0.2) is 24.3 Å². The van der Waals surface area contributed by atoms with E-state index in [1.165, 1.54) is 6.07 Å². The van der Waals surface area contributed by atoms with E-state index in [1.807, 2.05) is 0 Å². The summed E-state index contributed by atoms with van der Waals surface area (Å²) in [4.78, 5) is 21.8. The van der Waals surface area contributed by atoms with Crippen molar-refractivity contribution >= 4 is 11.7 Å². The van der Waals surface area contributed by atoms with Crippen molar-refractivity contribution in [3.63, 3.8) is 0 Å². The number of nitrogens with zero attached hydrogens (tertiary/aromatic N) is 2. The number of alkyl halides is 3. The topological polar surface area (TPSA) is 94.6 Å². The van der Waals surface area contributed by atoms with Gasteiger partial charge in [-0.3, -0.25) is 4.79 Å². The summed E-state index contributed by atoms with van der Waals surface area (Å²) in [7, 11) is 0. The summed E-state index contributed by atoms with van der Waals surface area (Å²) in [5.41, 5.74) is 0.645. The number of carbonyl (C=O) groups excluding carboxylic acids is 1. The number of carbonyl (C=O) groups is 1. The number of hydrogen-bond donors (Lipinski definition) is 2. The van der Waals surface area contributed by atoms with Gasteiger partial charge >= 0.3 is 6.18 Å². The summed E-state index contributed by atoms with van der Waals surface area (Å²) in [6, 6.07) is 4.65. The maximum Gasteiger partial charge on any atom is 0.416 e. The highest BCUT2D eigenvalue weighted by Crippen LogP contribution is 2.35. The second-order valence-corrected chi connectivity index (χ2v) is 8.67. The Morgan fingerprint density at radius 3 is 2.54 bits per heavy atom. The standard InChI is InChI=1S/C24H29F3N4O4/c1-14(16-4-3-5-17(12-16)24(25,26)27)28-22-21(23-34-10-11-35-23)19(29-15(2)30-22)13-20(32)31-18-6-8-33-9-7-18/h3-5,12,14,18,23H,6-11,13H2,1-2H3,(H,31,32)(H,28,29,30)/t14-/m0/s1. The molecular formula is C24H29F3N4O4. The van der Waals surface area contributed by atoms with Crippen LogP contribution in [0.2, 0.25) is 0 Å². The number of anilines is 1. The van der Waals surface area contributed by atoms with Gasteiger partial charge in [-0.05, 0) is 44.4 Å². The molecule has 2 fully saturated rings. The van der Waals surface area contributed by atoms with Crippen molar-refractivity contribution in [1.29, 1.82) is 0 Å². The first kappa shape index (κ1) is 25.3. The average molecular weight is 495 g/mol. The number of rotatable bonds is 7. The summed E-state index contributed by atoms with van der Waals surface area (Å²) >= 11 is 0. The lowest BCUT2D eigenvalue weighted by atomic mass is 10.0. The SMILES string of the molecule is Cc1nc(CC(=O)NC2CCOCC2)c(C2OCCO2)c(N[C@@H](C)c2cccc(C(F)(F)F)c2)n1. The third kappa shape index (κ3) is 6.47. The van der Waals surface area contributed by atoms with Crippen molar-refractivity contribution < 1.29 is 32.2 Å². The van der Waals surface area contributed by atoms with Crippen LogP contribution >= 0.6 is 0 Å². The van der Waals surface area contributed by atoms with Crippen molar-refractivity contribution in [2.24, 2.45) is 0 Å². The molecule has 2 saturated heterocycles. The first-order valence-electron chi connectivity index (χ1n) is 11.6. The van der Waals surface area contributed by atoms with Crippen molar-refractivity contribution in [2.75, 3.05) is 31.7 Å². The third-order valence-corrected chi connectivity index (χ3v) is 5.98. The first-order chi connectivity index (χ1) is 16.7. The highest BCUT2D eigenvalue weighted by molar-refractivity contribution is 5.79.